The van der Waals surface area contributed by atoms with Gasteiger partial charge in [0.2, 0.25) is 0 Å². The van der Waals surface area contributed by atoms with Crippen molar-refractivity contribution in [3.8, 4) is 28.7 Å². The second-order valence-corrected chi connectivity index (χ2v) is 8.00. The first-order chi connectivity index (χ1) is 15.6. The molecule has 3 aromatic carbocycles. The SMILES string of the molecule is CC(C)Oc1ccc(C#CCCNC(=O)OCC2c3ccccc3-c3ccccc32)cc1. The number of hydrogen-bond donors (Lipinski definition) is 1. The van der Waals surface area contributed by atoms with E-state index < -0.39 is 6.09 Å². The van der Waals surface area contributed by atoms with Crippen LogP contribution in [0.2, 0.25) is 0 Å². The number of benzene rings is 3. The van der Waals surface area contributed by atoms with Crippen LogP contribution >= 0.6 is 0 Å². The Bertz CT molecular complexity index is 1090. The summed E-state index contributed by atoms with van der Waals surface area (Å²) in [4.78, 5) is 12.2. The number of carbonyl (C=O) groups is 1. The number of ether oxygens (including phenoxy) is 2. The van der Waals surface area contributed by atoms with Crippen molar-refractivity contribution in [1.29, 1.82) is 0 Å². The molecule has 0 aromatic heterocycles. The molecule has 1 amide bonds. The zero-order valence-corrected chi connectivity index (χ0v) is 18.4. The van der Waals surface area contributed by atoms with Crippen molar-refractivity contribution in [2.24, 2.45) is 0 Å². The summed E-state index contributed by atoms with van der Waals surface area (Å²) in [7, 11) is 0. The molecule has 4 rings (SSSR count). The molecular formula is C28H27NO3. The molecule has 1 aliphatic carbocycles. The van der Waals surface area contributed by atoms with Crippen molar-refractivity contribution in [2.45, 2.75) is 32.3 Å². The Morgan fingerprint density at radius 3 is 2.19 bits per heavy atom. The van der Waals surface area contributed by atoms with Gasteiger partial charge in [0.1, 0.15) is 12.4 Å². The first kappa shape index (κ1) is 21.5. The van der Waals surface area contributed by atoms with Crippen LogP contribution in [0.5, 0.6) is 5.75 Å². The fraction of sp³-hybridized carbons (Fsp3) is 0.250. The van der Waals surface area contributed by atoms with Crippen LogP contribution in [-0.2, 0) is 4.74 Å². The van der Waals surface area contributed by atoms with Crippen LogP contribution in [-0.4, -0.2) is 25.3 Å². The molecule has 4 nitrogen and oxygen atoms in total. The molecule has 0 atom stereocenters. The molecule has 0 spiro atoms. The minimum absolute atomic E-state index is 0.0654. The van der Waals surface area contributed by atoms with Crippen LogP contribution in [0.3, 0.4) is 0 Å². The second kappa shape index (κ2) is 10.1. The van der Waals surface area contributed by atoms with Gasteiger partial charge < -0.3 is 14.8 Å². The molecule has 3 aromatic rings. The molecule has 1 N–H and O–H groups in total. The van der Waals surface area contributed by atoms with E-state index in [2.05, 4.69) is 41.4 Å². The van der Waals surface area contributed by atoms with Gasteiger partial charge in [0.05, 0.1) is 6.10 Å². The van der Waals surface area contributed by atoms with Crippen molar-refractivity contribution >= 4 is 6.09 Å². The third kappa shape index (κ3) is 5.12. The molecule has 32 heavy (non-hydrogen) atoms. The predicted octanol–water partition coefficient (Wildman–Crippen LogP) is 5.75. The summed E-state index contributed by atoms with van der Waals surface area (Å²) in [6, 6.07) is 24.3. The lowest BCUT2D eigenvalue weighted by Crippen LogP contribution is -2.26. The lowest BCUT2D eigenvalue weighted by atomic mass is 9.98. The monoisotopic (exact) mass is 425 g/mol. The summed E-state index contributed by atoms with van der Waals surface area (Å²) >= 11 is 0. The third-order valence-corrected chi connectivity index (χ3v) is 5.32. The van der Waals surface area contributed by atoms with Crippen LogP contribution in [0.15, 0.2) is 72.8 Å². The predicted molar refractivity (Wildman–Crippen MR) is 127 cm³/mol. The van der Waals surface area contributed by atoms with E-state index in [1.165, 1.54) is 22.3 Å². The minimum atomic E-state index is -0.413. The van der Waals surface area contributed by atoms with Gasteiger partial charge in [-0.05, 0) is 60.4 Å². The average molecular weight is 426 g/mol. The molecule has 0 heterocycles. The van der Waals surface area contributed by atoms with E-state index in [4.69, 9.17) is 9.47 Å². The highest BCUT2D eigenvalue weighted by Gasteiger charge is 2.28. The number of carbonyl (C=O) groups excluding carboxylic acids is 1. The van der Waals surface area contributed by atoms with Crippen LogP contribution in [0, 0.1) is 11.8 Å². The highest BCUT2D eigenvalue weighted by Crippen LogP contribution is 2.44. The summed E-state index contributed by atoms with van der Waals surface area (Å²) < 4.78 is 11.2. The molecule has 0 unspecified atom stereocenters. The van der Waals surface area contributed by atoms with E-state index in [0.717, 1.165) is 11.3 Å². The topological polar surface area (TPSA) is 47.6 Å². The third-order valence-electron chi connectivity index (χ3n) is 5.32. The fourth-order valence-electron chi connectivity index (χ4n) is 3.93. The summed E-state index contributed by atoms with van der Waals surface area (Å²) in [5, 5.41) is 2.79. The highest BCUT2D eigenvalue weighted by atomic mass is 16.5. The van der Waals surface area contributed by atoms with Crippen LogP contribution < -0.4 is 10.1 Å². The Labute approximate surface area is 189 Å². The lowest BCUT2D eigenvalue weighted by Gasteiger charge is -2.14. The van der Waals surface area contributed by atoms with Gasteiger partial charge in [0.15, 0.2) is 0 Å². The van der Waals surface area contributed by atoms with E-state index in [9.17, 15) is 4.79 Å². The Balaban J connectivity index is 1.24. The minimum Gasteiger partial charge on any atom is -0.491 e. The van der Waals surface area contributed by atoms with Gasteiger partial charge in [-0.25, -0.2) is 4.79 Å². The maximum absolute atomic E-state index is 12.2. The first-order valence-electron chi connectivity index (χ1n) is 11.0. The summed E-state index contributed by atoms with van der Waals surface area (Å²) in [6.07, 6.45) is 0.286. The highest BCUT2D eigenvalue weighted by molar-refractivity contribution is 5.79. The van der Waals surface area contributed by atoms with Gasteiger partial charge in [-0.2, -0.15) is 0 Å². The van der Waals surface area contributed by atoms with Crippen LogP contribution in [0.1, 0.15) is 42.9 Å². The van der Waals surface area contributed by atoms with Gasteiger partial charge in [0.25, 0.3) is 0 Å². The van der Waals surface area contributed by atoms with Crippen molar-refractivity contribution in [3.63, 3.8) is 0 Å². The summed E-state index contributed by atoms with van der Waals surface area (Å²) in [5.41, 5.74) is 5.77. The molecule has 0 saturated carbocycles. The molecule has 0 saturated heterocycles. The molecule has 0 fully saturated rings. The molecule has 0 aliphatic heterocycles. The van der Waals surface area contributed by atoms with Crippen LogP contribution in [0.25, 0.3) is 11.1 Å². The fourth-order valence-corrected chi connectivity index (χ4v) is 3.93. The van der Waals surface area contributed by atoms with Crippen LogP contribution in [0.4, 0.5) is 4.79 Å². The molecular weight excluding hydrogens is 398 g/mol. The van der Waals surface area contributed by atoms with Gasteiger partial charge in [0, 0.05) is 24.4 Å². The number of alkyl carbamates (subject to hydrolysis) is 1. The van der Waals surface area contributed by atoms with E-state index in [1.54, 1.807) is 0 Å². The van der Waals surface area contributed by atoms with Gasteiger partial charge in [-0.1, -0.05) is 60.4 Å². The Morgan fingerprint density at radius 1 is 0.938 bits per heavy atom. The van der Waals surface area contributed by atoms with Crippen molar-refractivity contribution in [2.75, 3.05) is 13.2 Å². The van der Waals surface area contributed by atoms with E-state index in [-0.39, 0.29) is 12.0 Å². The second-order valence-electron chi connectivity index (χ2n) is 8.00. The normalized spacial score (nSPS) is 11.8. The average Bonchev–Trinajstić information content (AvgIpc) is 3.12. The number of rotatable bonds is 6. The maximum atomic E-state index is 12.2. The number of fused-ring (bicyclic) bond motifs is 3. The maximum Gasteiger partial charge on any atom is 0.407 e. The van der Waals surface area contributed by atoms with Crippen molar-refractivity contribution in [3.05, 3.63) is 89.5 Å². The molecule has 4 heteroatoms. The largest absolute Gasteiger partial charge is 0.491 e. The standard InChI is InChI=1S/C28H27NO3/c1-20(2)32-22-16-14-21(15-17-22)9-7-8-18-29-28(30)31-19-27-25-12-5-3-10-23(25)24-11-4-6-13-26(24)27/h3-6,10-17,20,27H,8,18-19H2,1-2H3,(H,29,30). The summed E-state index contributed by atoms with van der Waals surface area (Å²) in [5.74, 6) is 7.08. The Kier molecular flexibility index (Phi) is 6.77. The van der Waals surface area contributed by atoms with E-state index >= 15 is 0 Å². The molecule has 0 bridgehead atoms. The zero-order valence-electron chi connectivity index (χ0n) is 18.4. The van der Waals surface area contributed by atoms with E-state index in [1.807, 2.05) is 62.4 Å². The molecule has 0 radical (unpaired) electrons. The number of nitrogens with one attached hydrogen (secondary N) is 1. The van der Waals surface area contributed by atoms with Crippen molar-refractivity contribution in [1.82, 2.24) is 5.32 Å². The zero-order chi connectivity index (χ0) is 22.3. The lowest BCUT2D eigenvalue weighted by molar-refractivity contribution is 0.143. The van der Waals surface area contributed by atoms with Gasteiger partial charge in [-0.3, -0.25) is 0 Å². The summed E-state index contributed by atoms with van der Waals surface area (Å²) in [6.45, 7) is 4.75. The van der Waals surface area contributed by atoms with Gasteiger partial charge >= 0.3 is 6.09 Å². The number of hydrogen-bond acceptors (Lipinski definition) is 3. The molecule has 162 valence electrons. The number of amides is 1. The Hall–Kier alpha value is -3.71. The Morgan fingerprint density at radius 2 is 1.56 bits per heavy atom. The van der Waals surface area contributed by atoms with Crippen molar-refractivity contribution < 1.29 is 14.3 Å². The first-order valence-corrected chi connectivity index (χ1v) is 11.0. The van der Waals surface area contributed by atoms with Gasteiger partial charge in [-0.15, -0.1) is 0 Å². The quantitative estimate of drug-likeness (QED) is 0.404. The molecule has 1 aliphatic rings. The smallest absolute Gasteiger partial charge is 0.407 e. The van der Waals surface area contributed by atoms with E-state index in [0.29, 0.717) is 19.6 Å².